The number of carbonyl (C=O) groups excluding carboxylic acids is 2. The van der Waals surface area contributed by atoms with Crippen LogP contribution in [0.2, 0.25) is 0 Å². The molecule has 1 aliphatic carbocycles. The van der Waals surface area contributed by atoms with E-state index in [1.54, 1.807) is 13.0 Å². The molecule has 132 valence electrons. The van der Waals surface area contributed by atoms with Crippen molar-refractivity contribution >= 4 is 11.9 Å². The maximum absolute atomic E-state index is 12.0. The molecule has 0 aliphatic heterocycles. The number of nitrogens with two attached hydrogens (primary N) is 1. The molecule has 4 N–H and O–H groups in total. The van der Waals surface area contributed by atoms with E-state index in [1.807, 2.05) is 6.92 Å². The normalized spacial score (nSPS) is 25.4. The van der Waals surface area contributed by atoms with Crippen LogP contribution in [0.5, 0.6) is 0 Å². The van der Waals surface area contributed by atoms with Gasteiger partial charge in [-0.05, 0) is 32.3 Å². The predicted octanol–water partition coefficient (Wildman–Crippen LogP) is 0.258. The lowest BCUT2D eigenvalue weighted by atomic mass is 9.88. The van der Waals surface area contributed by atoms with Gasteiger partial charge < -0.3 is 25.6 Å². The van der Waals surface area contributed by atoms with E-state index in [1.165, 1.54) is 6.92 Å². The van der Waals surface area contributed by atoms with Gasteiger partial charge in [-0.25, -0.2) is 4.79 Å². The van der Waals surface area contributed by atoms with E-state index in [4.69, 9.17) is 20.3 Å². The molecule has 7 heteroatoms. The zero-order valence-corrected chi connectivity index (χ0v) is 14.1. The van der Waals surface area contributed by atoms with Crippen LogP contribution in [0.4, 0.5) is 0 Å². The van der Waals surface area contributed by atoms with Crippen LogP contribution in [-0.2, 0) is 19.1 Å². The number of aliphatic hydroxyl groups excluding tert-OH is 1. The molecule has 0 spiro atoms. The van der Waals surface area contributed by atoms with Gasteiger partial charge in [-0.3, -0.25) is 4.79 Å². The highest BCUT2D eigenvalue weighted by atomic mass is 16.5. The number of aliphatic hydroxyl groups is 1. The van der Waals surface area contributed by atoms with Crippen LogP contribution in [0.3, 0.4) is 0 Å². The smallest absolute Gasteiger partial charge is 0.333 e. The van der Waals surface area contributed by atoms with Gasteiger partial charge in [0.1, 0.15) is 0 Å². The zero-order valence-electron chi connectivity index (χ0n) is 14.1. The summed E-state index contributed by atoms with van der Waals surface area (Å²) in [6.45, 7) is 5.40. The molecule has 0 aromatic rings. The number of amides is 1. The van der Waals surface area contributed by atoms with E-state index in [2.05, 4.69) is 5.32 Å². The van der Waals surface area contributed by atoms with Crippen molar-refractivity contribution in [2.24, 2.45) is 5.73 Å². The van der Waals surface area contributed by atoms with Crippen LogP contribution >= 0.6 is 0 Å². The Bertz CT molecular complexity index is 438. The fourth-order valence-corrected chi connectivity index (χ4v) is 2.65. The molecule has 4 atom stereocenters. The molecule has 0 saturated carbocycles. The lowest BCUT2D eigenvalue weighted by Gasteiger charge is -2.36. The largest absolute Gasteiger partial charge is 0.463 e. The summed E-state index contributed by atoms with van der Waals surface area (Å²) >= 11 is 0. The molecule has 0 aromatic heterocycles. The summed E-state index contributed by atoms with van der Waals surface area (Å²) in [7, 11) is 0. The Balaban J connectivity index is 2.98. The quantitative estimate of drug-likeness (QED) is 0.551. The van der Waals surface area contributed by atoms with E-state index < -0.39 is 24.2 Å². The third-order valence-corrected chi connectivity index (χ3v) is 3.80. The topological polar surface area (TPSA) is 111 Å². The summed E-state index contributed by atoms with van der Waals surface area (Å²) in [6.07, 6.45) is 2.49. The molecule has 1 aliphatic rings. The number of hydrogen-bond donors (Lipinski definition) is 3. The molecular formula is C16H28N2O5. The van der Waals surface area contributed by atoms with Gasteiger partial charge in [0.05, 0.1) is 24.9 Å². The van der Waals surface area contributed by atoms with E-state index in [0.29, 0.717) is 24.8 Å². The Kier molecular flexibility index (Phi) is 8.22. The summed E-state index contributed by atoms with van der Waals surface area (Å²) in [6, 6.07) is -0.863. The summed E-state index contributed by atoms with van der Waals surface area (Å²) < 4.78 is 11.0. The first-order valence-electron chi connectivity index (χ1n) is 8.09. The number of rotatable bonds is 8. The van der Waals surface area contributed by atoms with E-state index in [9.17, 15) is 9.59 Å². The average Bonchev–Trinajstić information content (AvgIpc) is 2.49. The maximum atomic E-state index is 12.0. The molecule has 0 fully saturated rings. The van der Waals surface area contributed by atoms with E-state index in [0.717, 1.165) is 0 Å². The average molecular weight is 328 g/mol. The minimum absolute atomic E-state index is 0.0104. The number of carbonyl (C=O) groups is 2. The first-order chi connectivity index (χ1) is 10.9. The molecule has 23 heavy (non-hydrogen) atoms. The lowest BCUT2D eigenvalue weighted by Crippen LogP contribution is -2.57. The molecule has 0 bridgehead atoms. The fraction of sp³-hybridized carbons (Fsp3) is 0.750. The second-order valence-corrected chi connectivity index (χ2v) is 5.65. The lowest BCUT2D eigenvalue weighted by molar-refractivity contribution is -0.139. The fourth-order valence-electron chi connectivity index (χ4n) is 2.65. The molecule has 7 nitrogen and oxygen atoms in total. The molecule has 0 radical (unpaired) electrons. The highest BCUT2D eigenvalue weighted by Gasteiger charge is 2.35. The minimum Gasteiger partial charge on any atom is -0.463 e. The Morgan fingerprint density at radius 2 is 2.17 bits per heavy atom. The van der Waals surface area contributed by atoms with Gasteiger partial charge in [-0.2, -0.15) is 0 Å². The van der Waals surface area contributed by atoms with Crippen molar-refractivity contribution < 1.29 is 24.2 Å². The molecule has 1 amide bonds. The van der Waals surface area contributed by atoms with E-state index >= 15 is 0 Å². The first-order valence-corrected chi connectivity index (χ1v) is 8.09. The summed E-state index contributed by atoms with van der Waals surface area (Å²) in [5, 5.41) is 11.9. The van der Waals surface area contributed by atoms with Crippen LogP contribution in [0.1, 0.15) is 40.0 Å². The van der Waals surface area contributed by atoms with Crippen molar-refractivity contribution in [3.8, 4) is 0 Å². The van der Waals surface area contributed by atoms with Gasteiger partial charge in [0, 0.05) is 25.1 Å². The van der Waals surface area contributed by atoms with Crippen molar-refractivity contribution in [2.45, 2.75) is 64.3 Å². The van der Waals surface area contributed by atoms with Gasteiger partial charge in [-0.1, -0.05) is 6.92 Å². The van der Waals surface area contributed by atoms with Crippen LogP contribution < -0.4 is 11.1 Å². The van der Waals surface area contributed by atoms with Crippen molar-refractivity contribution in [3.63, 3.8) is 0 Å². The Morgan fingerprint density at radius 1 is 1.48 bits per heavy atom. The zero-order chi connectivity index (χ0) is 17.4. The van der Waals surface area contributed by atoms with Crippen molar-refractivity contribution in [3.05, 3.63) is 11.6 Å². The predicted molar refractivity (Wildman–Crippen MR) is 85.6 cm³/mol. The molecule has 0 saturated heterocycles. The highest BCUT2D eigenvalue weighted by Crippen LogP contribution is 2.24. The molecular weight excluding hydrogens is 300 g/mol. The highest BCUT2D eigenvalue weighted by molar-refractivity contribution is 5.89. The van der Waals surface area contributed by atoms with Crippen molar-refractivity contribution in [1.29, 1.82) is 0 Å². The Labute approximate surface area is 137 Å². The monoisotopic (exact) mass is 328 g/mol. The number of ether oxygens (including phenoxy) is 2. The third kappa shape index (κ3) is 5.93. The van der Waals surface area contributed by atoms with Gasteiger partial charge in [0.25, 0.3) is 0 Å². The SMILES string of the molecule is CCOC(=O)C1=C[C@@H](O[C@@H](CC)CCO)[C@H](NC(C)=O)[C@@H](N)C1. The molecule has 0 heterocycles. The molecule has 0 unspecified atom stereocenters. The Morgan fingerprint density at radius 3 is 2.70 bits per heavy atom. The second-order valence-electron chi connectivity index (χ2n) is 5.65. The number of nitrogens with one attached hydrogen (secondary N) is 1. The van der Waals surface area contributed by atoms with Crippen LogP contribution in [-0.4, -0.2) is 54.5 Å². The second kappa shape index (κ2) is 9.64. The molecule has 0 aromatic carbocycles. The van der Waals surface area contributed by atoms with Crippen LogP contribution in [0.25, 0.3) is 0 Å². The van der Waals surface area contributed by atoms with Crippen molar-refractivity contribution in [2.75, 3.05) is 13.2 Å². The van der Waals surface area contributed by atoms with Gasteiger partial charge in [-0.15, -0.1) is 0 Å². The first kappa shape index (κ1) is 19.6. The van der Waals surface area contributed by atoms with E-state index in [-0.39, 0.29) is 25.2 Å². The van der Waals surface area contributed by atoms with Crippen molar-refractivity contribution in [1.82, 2.24) is 5.32 Å². The Hall–Kier alpha value is -1.44. The summed E-state index contributed by atoms with van der Waals surface area (Å²) in [5.41, 5.74) is 6.60. The molecule has 1 rings (SSSR count). The standard InChI is InChI=1S/C16H28N2O5/c1-4-12(6-7-19)23-14-9-11(16(21)22-5-2)8-13(17)15(14)18-10(3)20/h9,12-15,19H,4-8,17H2,1-3H3,(H,18,20)/t12-,13-,14+,15+/m0/s1. The minimum atomic E-state index is -0.529. The van der Waals surface area contributed by atoms with Gasteiger partial charge in [0.2, 0.25) is 5.91 Å². The van der Waals surface area contributed by atoms with Crippen LogP contribution in [0, 0.1) is 0 Å². The van der Waals surface area contributed by atoms with Gasteiger partial charge in [0.15, 0.2) is 0 Å². The van der Waals surface area contributed by atoms with Crippen LogP contribution in [0.15, 0.2) is 11.6 Å². The third-order valence-electron chi connectivity index (χ3n) is 3.80. The maximum Gasteiger partial charge on any atom is 0.333 e. The number of hydrogen-bond acceptors (Lipinski definition) is 6. The van der Waals surface area contributed by atoms with Gasteiger partial charge >= 0.3 is 5.97 Å². The summed E-state index contributed by atoms with van der Waals surface area (Å²) in [5.74, 6) is -0.615. The summed E-state index contributed by atoms with van der Waals surface area (Å²) in [4.78, 5) is 23.4. The number of esters is 1.